The standard InChI is InChI=1S/C21H21ClN2O4/c1-3-5-15-8-20(25)28-18-10-19(17(22)9-16(15)18)27-13(2)21(26)24-12-14-6-4-7-23-11-14/h4,6-11,13H,3,5,12H2,1-2H3,(H,24,26)/t13-/m0/s1. The first-order valence-electron chi connectivity index (χ1n) is 9.07. The minimum absolute atomic E-state index is 0.287. The quantitative estimate of drug-likeness (QED) is 0.609. The maximum atomic E-state index is 12.3. The third-order valence-electron chi connectivity index (χ3n) is 4.26. The number of rotatable bonds is 7. The van der Waals surface area contributed by atoms with Crippen molar-refractivity contribution in [3.63, 3.8) is 0 Å². The molecule has 1 atom stereocenters. The molecule has 0 aliphatic heterocycles. The van der Waals surface area contributed by atoms with Gasteiger partial charge in [0, 0.05) is 36.5 Å². The molecule has 3 aromatic rings. The van der Waals surface area contributed by atoms with E-state index in [1.165, 1.54) is 6.07 Å². The molecule has 3 rings (SSSR count). The summed E-state index contributed by atoms with van der Waals surface area (Å²) in [6.45, 7) is 4.01. The molecule has 6 nitrogen and oxygen atoms in total. The molecule has 2 heterocycles. The van der Waals surface area contributed by atoms with Crippen LogP contribution in [0.15, 0.2) is 51.9 Å². The Balaban J connectivity index is 1.76. The van der Waals surface area contributed by atoms with Crippen LogP contribution in [0.2, 0.25) is 5.02 Å². The maximum Gasteiger partial charge on any atom is 0.336 e. The van der Waals surface area contributed by atoms with Crippen LogP contribution in [0, 0.1) is 0 Å². The second-order valence-corrected chi connectivity index (χ2v) is 6.87. The maximum absolute atomic E-state index is 12.3. The van der Waals surface area contributed by atoms with Crippen LogP contribution in [0.4, 0.5) is 0 Å². The lowest BCUT2D eigenvalue weighted by Gasteiger charge is -2.16. The Hall–Kier alpha value is -2.86. The van der Waals surface area contributed by atoms with Gasteiger partial charge in [-0.15, -0.1) is 0 Å². The molecule has 0 spiro atoms. The van der Waals surface area contributed by atoms with Crippen molar-refractivity contribution in [3.05, 3.63) is 69.3 Å². The summed E-state index contributed by atoms with van der Waals surface area (Å²) >= 11 is 6.35. The molecule has 0 saturated carbocycles. The number of aryl methyl sites for hydroxylation is 1. The molecule has 28 heavy (non-hydrogen) atoms. The Morgan fingerprint density at radius 2 is 2.18 bits per heavy atom. The summed E-state index contributed by atoms with van der Waals surface area (Å²) in [6, 6.07) is 8.42. The fraction of sp³-hybridized carbons (Fsp3) is 0.286. The zero-order chi connectivity index (χ0) is 20.1. The van der Waals surface area contributed by atoms with Gasteiger partial charge in [0.15, 0.2) is 6.10 Å². The number of hydrogen-bond acceptors (Lipinski definition) is 5. The molecule has 1 amide bonds. The zero-order valence-electron chi connectivity index (χ0n) is 15.7. The summed E-state index contributed by atoms with van der Waals surface area (Å²) in [4.78, 5) is 28.1. The number of ether oxygens (including phenoxy) is 1. The van der Waals surface area contributed by atoms with Crippen molar-refractivity contribution in [3.8, 4) is 5.75 Å². The average Bonchev–Trinajstić information content (AvgIpc) is 2.68. The van der Waals surface area contributed by atoms with Crippen molar-refractivity contribution < 1.29 is 13.9 Å². The van der Waals surface area contributed by atoms with Gasteiger partial charge in [0.2, 0.25) is 0 Å². The van der Waals surface area contributed by atoms with Gasteiger partial charge in [0.1, 0.15) is 11.3 Å². The molecule has 0 aliphatic rings. The predicted octanol–water partition coefficient (Wildman–Crippen LogP) is 3.88. The lowest BCUT2D eigenvalue weighted by atomic mass is 10.1. The molecule has 0 saturated heterocycles. The number of carbonyl (C=O) groups excluding carboxylic acids is 1. The normalized spacial score (nSPS) is 12.0. The minimum atomic E-state index is -0.780. The van der Waals surface area contributed by atoms with E-state index in [0.29, 0.717) is 17.2 Å². The second-order valence-electron chi connectivity index (χ2n) is 6.46. The number of nitrogens with one attached hydrogen (secondary N) is 1. The summed E-state index contributed by atoms with van der Waals surface area (Å²) in [7, 11) is 0. The Kier molecular flexibility index (Phi) is 6.31. The van der Waals surface area contributed by atoms with Gasteiger partial charge in [0.05, 0.1) is 5.02 Å². The Morgan fingerprint density at radius 3 is 2.89 bits per heavy atom. The highest BCUT2D eigenvalue weighted by Crippen LogP contribution is 2.32. The Bertz CT molecular complexity index is 1030. The third-order valence-corrected chi connectivity index (χ3v) is 4.56. The number of benzene rings is 1. The van der Waals surface area contributed by atoms with Crippen LogP contribution < -0.4 is 15.7 Å². The van der Waals surface area contributed by atoms with E-state index in [1.807, 2.05) is 13.0 Å². The number of pyridine rings is 1. The molecular formula is C21H21ClN2O4. The zero-order valence-corrected chi connectivity index (χ0v) is 16.5. The summed E-state index contributed by atoms with van der Waals surface area (Å²) < 4.78 is 11.0. The van der Waals surface area contributed by atoms with Crippen molar-refractivity contribution in [1.82, 2.24) is 10.3 Å². The van der Waals surface area contributed by atoms with Gasteiger partial charge in [-0.3, -0.25) is 9.78 Å². The molecule has 0 aliphatic carbocycles. The number of nitrogens with zero attached hydrogens (tertiary/aromatic N) is 1. The third kappa shape index (κ3) is 4.70. The Labute approximate surface area is 167 Å². The van der Waals surface area contributed by atoms with E-state index in [2.05, 4.69) is 10.3 Å². The monoisotopic (exact) mass is 400 g/mol. The highest BCUT2D eigenvalue weighted by Gasteiger charge is 2.18. The number of carbonyl (C=O) groups is 1. The average molecular weight is 401 g/mol. The largest absolute Gasteiger partial charge is 0.479 e. The molecule has 0 radical (unpaired) electrons. The van der Waals surface area contributed by atoms with E-state index in [-0.39, 0.29) is 11.7 Å². The van der Waals surface area contributed by atoms with Crippen LogP contribution in [0.3, 0.4) is 0 Å². The van der Waals surface area contributed by atoms with Gasteiger partial charge in [-0.2, -0.15) is 0 Å². The van der Waals surface area contributed by atoms with Gasteiger partial charge < -0.3 is 14.5 Å². The van der Waals surface area contributed by atoms with Gasteiger partial charge >= 0.3 is 5.63 Å². The number of aromatic nitrogens is 1. The first-order chi connectivity index (χ1) is 13.5. The van der Waals surface area contributed by atoms with Gasteiger partial charge in [-0.1, -0.05) is 31.0 Å². The van der Waals surface area contributed by atoms with Crippen molar-refractivity contribution in [2.45, 2.75) is 39.3 Å². The fourth-order valence-electron chi connectivity index (χ4n) is 2.87. The summed E-state index contributed by atoms with van der Waals surface area (Å²) in [6.07, 6.45) is 4.21. The molecule has 1 N–H and O–H groups in total. The topological polar surface area (TPSA) is 81.4 Å². The van der Waals surface area contributed by atoms with Gasteiger partial charge in [-0.05, 0) is 36.6 Å². The molecule has 0 fully saturated rings. The van der Waals surface area contributed by atoms with Crippen LogP contribution in [0.1, 0.15) is 31.4 Å². The van der Waals surface area contributed by atoms with E-state index in [0.717, 1.165) is 29.4 Å². The molecule has 0 unspecified atom stereocenters. The number of fused-ring (bicyclic) bond motifs is 1. The first-order valence-corrected chi connectivity index (χ1v) is 9.45. The van der Waals surface area contributed by atoms with Crippen molar-refractivity contribution in [1.29, 1.82) is 0 Å². The van der Waals surface area contributed by atoms with Crippen LogP contribution in [0.25, 0.3) is 11.0 Å². The van der Waals surface area contributed by atoms with E-state index in [9.17, 15) is 9.59 Å². The van der Waals surface area contributed by atoms with Crippen molar-refractivity contribution >= 4 is 28.5 Å². The van der Waals surface area contributed by atoms with Gasteiger partial charge in [-0.25, -0.2) is 4.79 Å². The highest BCUT2D eigenvalue weighted by atomic mass is 35.5. The van der Waals surface area contributed by atoms with E-state index < -0.39 is 11.7 Å². The fourth-order valence-corrected chi connectivity index (χ4v) is 3.08. The second kappa shape index (κ2) is 8.89. The summed E-state index contributed by atoms with van der Waals surface area (Å²) in [5, 5.41) is 3.91. The molecule has 7 heteroatoms. The van der Waals surface area contributed by atoms with Crippen molar-refractivity contribution in [2.75, 3.05) is 0 Å². The van der Waals surface area contributed by atoms with E-state index in [1.54, 1.807) is 37.5 Å². The number of amides is 1. The van der Waals surface area contributed by atoms with Crippen LogP contribution in [0.5, 0.6) is 5.75 Å². The molecule has 1 aromatic carbocycles. The lowest BCUT2D eigenvalue weighted by molar-refractivity contribution is -0.127. The predicted molar refractivity (Wildman–Crippen MR) is 108 cm³/mol. The van der Waals surface area contributed by atoms with Crippen molar-refractivity contribution in [2.24, 2.45) is 0 Å². The minimum Gasteiger partial charge on any atom is -0.479 e. The van der Waals surface area contributed by atoms with E-state index >= 15 is 0 Å². The van der Waals surface area contributed by atoms with Crippen LogP contribution in [-0.2, 0) is 17.8 Å². The Morgan fingerprint density at radius 1 is 1.36 bits per heavy atom. The van der Waals surface area contributed by atoms with Crippen LogP contribution >= 0.6 is 11.6 Å². The highest BCUT2D eigenvalue weighted by molar-refractivity contribution is 6.32. The summed E-state index contributed by atoms with van der Waals surface area (Å²) in [5.74, 6) is -0.00352. The van der Waals surface area contributed by atoms with Crippen LogP contribution in [-0.4, -0.2) is 17.0 Å². The van der Waals surface area contributed by atoms with E-state index in [4.69, 9.17) is 20.8 Å². The molecule has 0 bridgehead atoms. The molecule has 2 aromatic heterocycles. The lowest BCUT2D eigenvalue weighted by Crippen LogP contribution is -2.36. The SMILES string of the molecule is CCCc1cc(=O)oc2cc(O[C@@H](C)C(=O)NCc3cccnc3)c(Cl)cc12. The first kappa shape index (κ1) is 19.9. The van der Waals surface area contributed by atoms with Gasteiger partial charge in [0.25, 0.3) is 5.91 Å². The number of halogens is 1. The molecular weight excluding hydrogens is 380 g/mol. The number of hydrogen-bond donors (Lipinski definition) is 1. The molecule has 146 valence electrons. The smallest absolute Gasteiger partial charge is 0.336 e. The summed E-state index contributed by atoms with van der Waals surface area (Å²) in [5.41, 5.74) is 1.73.